The number of carbonyl (C=O) groups is 1. The molecule has 0 bridgehead atoms. The van der Waals surface area contributed by atoms with Gasteiger partial charge in [0.1, 0.15) is 0 Å². The summed E-state index contributed by atoms with van der Waals surface area (Å²) in [7, 11) is 0. The van der Waals surface area contributed by atoms with Crippen molar-refractivity contribution in [1.29, 1.82) is 0 Å². The molecule has 1 aliphatic rings. The van der Waals surface area contributed by atoms with Crippen molar-refractivity contribution in [2.75, 3.05) is 18.0 Å². The van der Waals surface area contributed by atoms with Crippen LogP contribution < -0.4 is 10.3 Å². The van der Waals surface area contributed by atoms with Crippen LogP contribution in [0.4, 0.5) is 5.69 Å². The number of carbonyl (C=O) groups excluding carboxylic acids is 1. The van der Waals surface area contributed by atoms with Gasteiger partial charge in [-0.2, -0.15) is 5.10 Å². The van der Waals surface area contributed by atoms with Crippen molar-refractivity contribution in [3.8, 4) is 5.69 Å². The molecule has 2 aromatic carbocycles. The summed E-state index contributed by atoms with van der Waals surface area (Å²) in [5, 5.41) is 4.14. The molecule has 0 radical (unpaired) electrons. The molecule has 1 saturated heterocycles. The number of rotatable bonds is 5. The maximum atomic E-state index is 12.5. The number of nitrogens with one attached hydrogen (secondary N) is 1. The normalized spacial score (nSPS) is 14.3. The Balaban J connectivity index is 1.40. The summed E-state index contributed by atoms with van der Waals surface area (Å²) in [6.07, 6.45) is 5.54. The van der Waals surface area contributed by atoms with Gasteiger partial charge in [-0.05, 0) is 81.1 Å². The third-order valence-electron chi connectivity index (χ3n) is 5.63. The van der Waals surface area contributed by atoms with Crippen LogP contribution in [0.3, 0.4) is 0 Å². The molecule has 30 heavy (non-hydrogen) atoms. The van der Waals surface area contributed by atoms with Gasteiger partial charge in [0.2, 0.25) is 0 Å². The number of hydrogen-bond acceptors (Lipinski definition) is 3. The molecule has 5 heteroatoms. The summed E-state index contributed by atoms with van der Waals surface area (Å²) in [5.74, 6) is -0.222. The molecule has 1 aromatic heterocycles. The lowest BCUT2D eigenvalue weighted by molar-refractivity contribution is 0.0955. The van der Waals surface area contributed by atoms with Crippen molar-refractivity contribution in [1.82, 2.24) is 9.99 Å². The van der Waals surface area contributed by atoms with E-state index < -0.39 is 0 Å². The Morgan fingerprint density at radius 3 is 2.30 bits per heavy atom. The van der Waals surface area contributed by atoms with E-state index in [1.807, 2.05) is 30.3 Å². The van der Waals surface area contributed by atoms with E-state index in [1.54, 1.807) is 12.3 Å². The molecule has 154 valence electrons. The molecule has 5 nitrogen and oxygen atoms in total. The molecule has 0 saturated carbocycles. The van der Waals surface area contributed by atoms with Gasteiger partial charge in [0.25, 0.3) is 5.91 Å². The summed E-state index contributed by atoms with van der Waals surface area (Å²) in [4.78, 5) is 15.0. The van der Waals surface area contributed by atoms with Gasteiger partial charge in [0.15, 0.2) is 0 Å². The smallest absolute Gasteiger partial charge is 0.271 e. The van der Waals surface area contributed by atoms with Crippen molar-refractivity contribution in [2.24, 2.45) is 5.10 Å². The second kappa shape index (κ2) is 8.99. The van der Waals surface area contributed by atoms with Crippen LogP contribution in [-0.4, -0.2) is 29.8 Å². The highest BCUT2D eigenvalue weighted by Gasteiger charge is 2.11. The number of aryl methyl sites for hydroxylation is 2. The van der Waals surface area contributed by atoms with Gasteiger partial charge in [0.05, 0.1) is 6.21 Å². The van der Waals surface area contributed by atoms with E-state index in [0.717, 1.165) is 35.7 Å². The summed E-state index contributed by atoms with van der Waals surface area (Å²) in [6, 6.07) is 20.1. The Morgan fingerprint density at radius 1 is 0.900 bits per heavy atom. The van der Waals surface area contributed by atoms with Crippen LogP contribution in [0.2, 0.25) is 0 Å². The summed E-state index contributed by atoms with van der Waals surface area (Å²) < 4.78 is 2.13. The average molecular weight is 401 g/mol. The minimum absolute atomic E-state index is 0.222. The zero-order valence-electron chi connectivity index (χ0n) is 17.6. The summed E-state index contributed by atoms with van der Waals surface area (Å²) in [6.45, 7) is 6.37. The van der Waals surface area contributed by atoms with Crippen LogP contribution in [0.1, 0.15) is 46.6 Å². The largest absolute Gasteiger partial charge is 0.372 e. The second-order valence-corrected chi connectivity index (χ2v) is 7.84. The standard InChI is InChI=1S/C25H28N4O/c1-19-9-10-20(2)29(19)24-8-6-7-22(17-24)25(30)27-26-18-21-11-13-23(14-12-21)28-15-4-3-5-16-28/h6-14,17-18H,3-5,15-16H2,1-2H3,(H,27,30)/b26-18-. The van der Waals surface area contributed by atoms with Gasteiger partial charge in [-0.1, -0.05) is 18.2 Å². The van der Waals surface area contributed by atoms with Crippen LogP contribution in [-0.2, 0) is 0 Å². The number of nitrogens with zero attached hydrogens (tertiary/aromatic N) is 3. The van der Waals surface area contributed by atoms with Crippen molar-refractivity contribution in [3.63, 3.8) is 0 Å². The second-order valence-electron chi connectivity index (χ2n) is 7.84. The van der Waals surface area contributed by atoms with Crippen LogP contribution in [0, 0.1) is 13.8 Å². The minimum atomic E-state index is -0.222. The molecule has 1 N–H and O–H groups in total. The lowest BCUT2D eigenvalue weighted by Crippen LogP contribution is -2.29. The number of piperidine rings is 1. The first-order valence-electron chi connectivity index (χ1n) is 10.6. The van der Waals surface area contributed by atoms with E-state index in [1.165, 1.54) is 24.9 Å². The predicted molar refractivity (Wildman–Crippen MR) is 123 cm³/mol. The highest BCUT2D eigenvalue weighted by atomic mass is 16.2. The summed E-state index contributed by atoms with van der Waals surface area (Å²) in [5.41, 5.74) is 8.68. The van der Waals surface area contributed by atoms with Crippen molar-refractivity contribution >= 4 is 17.8 Å². The van der Waals surface area contributed by atoms with Crippen molar-refractivity contribution < 1.29 is 4.79 Å². The third-order valence-corrected chi connectivity index (χ3v) is 5.63. The number of hydrogen-bond donors (Lipinski definition) is 1. The van der Waals surface area contributed by atoms with Crippen LogP contribution >= 0.6 is 0 Å². The van der Waals surface area contributed by atoms with E-state index >= 15 is 0 Å². The monoisotopic (exact) mass is 400 g/mol. The molecule has 3 aromatic rings. The first-order chi connectivity index (χ1) is 14.6. The molecule has 1 fully saturated rings. The Kier molecular flexibility index (Phi) is 5.98. The van der Waals surface area contributed by atoms with Gasteiger partial charge >= 0.3 is 0 Å². The fraction of sp³-hybridized carbons (Fsp3) is 0.280. The first-order valence-corrected chi connectivity index (χ1v) is 10.6. The van der Waals surface area contributed by atoms with Gasteiger partial charge in [-0.3, -0.25) is 4.79 Å². The fourth-order valence-electron chi connectivity index (χ4n) is 4.02. The Hall–Kier alpha value is -3.34. The molecule has 0 atom stereocenters. The fourth-order valence-corrected chi connectivity index (χ4v) is 4.02. The quantitative estimate of drug-likeness (QED) is 0.492. The zero-order chi connectivity index (χ0) is 20.9. The van der Waals surface area contributed by atoms with Crippen LogP contribution in [0.15, 0.2) is 65.8 Å². The molecule has 0 aliphatic carbocycles. The average Bonchev–Trinajstić information content (AvgIpc) is 3.13. The van der Waals surface area contributed by atoms with Crippen molar-refractivity contribution in [2.45, 2.75) is 33.1 Å². The lowest BCUT2D eigenvalue weighted by Gasteiger charge is -2.28. The Morgan fingerprint density at radius 2 is 1.60 bits per heavy atom. The molecular formula is C25H28N4O. The van der Waals surface area contributed by atoms with E-state index in [0.29, 0.717) is 5.56 Å². The highest BCUT2D eigenvalue weighted by Crippen LogP contribution is 2.20. The van der Waals surface area contributed by atoms with E-state index in [-0.39, 0.29) is 5.91 Å². The van der Waals surface area contributed by atoms with Gasteiger partial charge in [-0.25, -0.2) is 5.43 Å². The lowest BCUT2D eigenvalue weighted by atomic mass is 10.1. The van der Waals surface area contributed by atoms with E-state index in [9.17, 15) is 4.79 Å². The molecule has 1 amide bonds. The predicted octanol–water partition coefficient (Wildman–Crippen LogP) is 4.85. The third kappa shape index (κ3) is 4.46. The number of hydrazone groups is 1. The van der Waals surface area contributed by atoms with Gasteiger partial charge < -0.3 is 9.47 Å². The summed E-state index contributed by atoms with van der Waals surface area (Å²) >= 11 is 0. The molecular weight excluding hydrogens is 372 g/mol. The van der Waals surface area contributed by atoms with E-state index in [4.69, 9.17) is 0 Å². The van der Waals surface area contributed by atoms with Crippen molar-refractivity contribution in [3.05, 3.63) is 83.2 Å². The number of benzene rings is 2. The molecule has 4 rings (SSSR count). The topological polar surface area (TPSA) is 49.6 Å². The molecule has 0 unspecified atom stereocenters. The van der Waals surface area contributed by atoms with Crippen LogP contribution in [0.5, 0.6) is 0 Å². The number of amides is 1. The Bertz CT molecular complexity index is 1020. The zero-order valence-corrected chi connectivity index (χ0v) is 17.6. The first kappa shape index (κ1) is 20.0. The maximum Gasteiger partial charge on any atom is 0.271 e. The SMILES string of the molecule is Cc1ccc(C)n1-c1cccc(C(=O)N/N=C\c2ccc(N3CCCCC3)cc2)c1. The molecule has 1 aliphatic heterocycles. The Labute approximate surface area is 178 Å². The highest BCUT2D eigenvalue weighted by molar-refractivity contribution is 5.95. The van der Waals surface area contributed by atoms with Gasteiger partial charge in [0, 0.05) is 41.4 Å². The number of anilines is 1. The van der Waals surface area contributed by atoms with Gasteiger partial charge in [-0.15, -0.1) is 0 Å². The van der Waals surface area contributed by atoms with E-state index in [2.05, 4.69) is 58.1 Å². The maximum absolute atomic E-state index is 12.5. The molecule has 2 heterocycles. The minimum Gasteiger partial charge on any atom is -0.372 e. The van der Waals surface area contributed by atoms with Crippen LogP contribution in [0.25, 0.3) is 5.69 Å². The molecule has 0 spiro atoms. The number of aromatic nitrogens is 1.